The van der Waals surface area contributed by atoms with E-state index < -0.39 is 11.5 Å². The Bertz CT molecular complexity index is 1150. The maximum Gasteiger partial charge on any atom is 0.349 e. The van der Waals surface area contributed by atoms with Crippen LogP contribution in [0.3, 0.4) is 0 Å². The number of hydrogen-bond donors (Lipinski definition) is 1. The number of amides is 1. The zero-order valence-corrected chi connectivity index (χ0v) is 14.7. The molecule has 7 heteroatoms. The predicted molar refractivity (Wildman–Crippen MR) is 101 cm³/mol. The van der Waals surface area contributed by atoms with Crippen LogP contribution in [0.1, 0.15) is 10.4 Å². The number of carbonyl (C=O) groups excluding carboxylic acids is 1. The van der Waals surface area contributed by atoms with E-state index in [-0.39, 0.29) is 25.5 Å². The molecular formula is C21H15NO6. The number of nitrogens with one attached hydrogen (secondary N) is 1. The van der Waals surface area contributed by atoms with Gasteiger partial charge in [-0.05, 0) is 24.3 Å². The van der Waals surface area contributed by atoms with Crippen molar-refractivity contribution in [3.05, 3.63) is 64.5 Å². The first-order chi connectivity index (χ1) is 13.7. The monoisotopic (exact) mass is 377 g/mol. The largest absolute Gasteiger partial charge is 0.481 e. The first-order valence-electron chi connectivity index (χ1n) is 8.50. The number of fused-ring (bicyclic) bond motifs is 2. The zero-order valence-electron chi connectivity index (χ0n) is 14.7. The number of ether oxygens (including phenoxy) is 3. The molecule has 0 radical (unpaired) electrons. The van der Waals surface area contributed by atoms with Crippen LogP contribution in [0.5, 0.6) is 17.2 Å². The Labute approximate surface area is 159 Å². The molecule has 0 saturated carbocycles. The standard InChI is InChI=1S/C21H15NO6/c23-20(16-11-14-5-1-2-6-17(14)28-21(16)24)22-9-3-4-10-25-15-7-8-18-19(12-15)27-13-26-18/h1-2,5-8,11-12H,9-10,13H2,(H,22,23). The summed E-state index contributed by atoms with van der Waals surface area (Å²) in [5.74, 6) is 6.94. The van der Waals surface area contributed by atoms with E-state index in [1.165, 1.54) is 6.07 Å². The maximum absolute atomic E-state index is 12.2. The Kier molecular flexibility index (Phi) is 4.85. The molecule has 2 aromatic carbocycles. The molecule has 1 aliphatic rings. The quantitative estimate of drug-likeness (QED) is 0.555. The summed E-state index contributed by atoms with van der Waals surface area (Å²) in [6.45, 7) is 0.428. The van der Waals surface area contributed by atoms with Crippen molar-refractivity contribution in [3.8, 4) is 29.1 Å². The number of carbonyl (C=O) groups is 1. The number of para-hydroxylation sites is 1. The molecule has 1 aliphatic heterocycles. The third kappa shape index (κ3) is 3.76. The van der Waals surface area contributed by atoms with Crippen LogP contribution in [0.4, 0.5) is 0 Å². The van der Waals surface area contributed by atoms with Crippen molar-refractivity contribution >= 4 is 16.9 Å². The molecule has 7 nitrogen and oxygen atoms in total. The second kappa shape index (κ2) is 7.76. The third-order valence-corrected chi connectivity index (χ3v) is 4.00. The lowest BCUT2D eigenvalue weighted by Gasteiger charge is -2.03. The fourth-order valence-electron chi connectivity index (χ4n) is 2.64. The van der Waals surface area contributed by atoms with Gasteiger partial charge in [-0.2, -0.15) is 0 Å². The highest BCUT2D eigenvalue weighted by Gasteiger charge is 2.14. The predicted octanol–water partition coefficient (Wildman–Crippen LogP) is 2.33. The van der Waals surface area contributed by atoms with Gasteiger partial charge in [0, 0.05) is 11.5 Å². The topological polar surface area (TPSA) is 87.0 Å². The van der Waals surface area contributed by atoms with Gasteiger partial charge < -0.3 is 23.9 Å². The Hall–Kier alpha value is -3.92. The Morgan fingerprint density at radius 2 is 1.93 bits per heavy atom. The van der Waals surface area contributed by atoms with Crippen molar-refractivity contribution in [1.29, 1.82) is 0 Å². The summed E-state index contributed by atoms with van der Waals surface area (Å²) < 4.78 is 21.1. The molecule has 3 aromatic rings. The van der Waals surface area contributed by atoms with Crippen molar-refractivity contribution < 1.29 is 23.4 Å². The van der Waals surface area contributed by atoms with Crippen LogP contribution in [0.2, 0.25) is 0 Å². The van der Waals surface area contributed by atoms with Gasteiger partial charge in [-0.15, -0.1) is 0 Å². The van der Waals surface area contributed by atoms with Crippen molar-refractivity contribution in [2.75, 3.05) is 19.9 Å². The molecular weight excluding hydrogens is 362 g/mol. The van der Waals surface area contributed by atoms with E-state index in [1.807, 2.05) is 0 Å². The van der Waals surface area contributed by atoms with E-state index >= 15 is 0 Å². The molecule has 0 saturated heterocycles. The van der Waals surface area contributed by atoms with Crippen LogP contribution >= 0.6 is 0 Å². The Balaban J connectivity index is 1.30. The molecule has 0 atom stereocenters. The molecule has 2 heterocycles. The van der Waals surface area contributed by atoms with Gasteiger partial charge in [0.15, 0.2) is 11.5 Å². The van der Waals surface area contributed by atoms with Gasteiger partial charge in [-0.3, -0.25) is 4.79 Å². The highest BCUT2D eigenvalue weighted by Crippen LogP contribution is 2.34. The van der Waals surface area contributed by atoms with Gasteiger partial charge in [0.25, 0.3) is 5.91 Å². The van der Waals surface area contributed by atoms with Crippen LogP contribution in [0.15, 0.2) is 57.7 Å². The van der Waals surface area contributed by atoms with Crippen molar-refractivity contribution in [1.82, 2.24) is 5.32 Å². The minimum Gasteiger partial charge on any atom is -0.481 e. The summed E-state index contributed by atoms with van der Waals surface area (Å²) in [6, 6.07) is 13.8. The summed E-state index contributed by atoms with van der Waals surface area (Å²) in [7, 11) is 0. The zero-order chi connectivity index (χ0) is 19.3. The number of rotatable bonds is 4. The highest BCUT2D eigenvalue weighted by molar-refractivity contribution is 5.96. The van der Waals surface area contributed by atoms with Crippen molar-refractivity contribution in [3.63, 3.8) is 0 Å². The molecule has 0 aliphatic carbocycles. The maximum atomic E-state index is 12.2. The molecule has 0 fully saturated rings. The second-order valence-electron chi connectivity index (χ2n) is 5.83. The van der Waals surface area contributed by atoms with E-state index in [0.29, 0.717) is 28.2 Å². The van der Waals surface area contributed by atoms with Crippen molar-refractivity contribution in [2.24, 2.45) is 0 Å². The molecule has 1 amide bonds. The number of benzene rings is 2. The molecule has 1 aromatic heterocycles. The normalized spacial score (nSPS) is 11.6. The smallest absolute Gasteiger partial charge is 0.349 e. The van der Waals surface area contributed by atoms with Gasteiger partial charge in [-0.25, -0.2) is 4.79 Å². The summed E-state index contributed by atoms with van der Waals surface area (Å²) in [4.78, 5) is 24.1. The molecule has 0 spiro atoms. The molecule has 140 valence electrons. The van der Waals surface area contributed by atoms with E-state index in [1.54, 1.807) is 42.5 Å². The Morgan fingerprint density at radius 1 is 1.07 bits per heavy atom. The van der Waals surface area contributed by atoms with Crippen LogP contribution in [0.25, 0.3) is 11.0 Å². The van der Waals surface area contributed by atoms with Gasteiger partial charge in [0.2, 0.25) is 6.79 Å². The Morgan fingerprint density at radius 3 is 2.86 bits per heavy atom. The van der Waals surface area contributed by atoms with E-state index in [4.69, 9.17) is 18.6 Å². The lowest BCUT2D eigenvalue weighted by molar-refractivity contribution is 0.0955. The average Bonchev–Trinajstić information content (AvgIpc) is 3.17. The van der Waals surface area contributed by atoms with Gasteiger partial charge in [0.1, 0.15) is 23.5 Å². The molecule has 4 rings (SSSR count). The second-order valence-corrected chi connectivity index (χ2v) is 5.83. The van der Waals surface area contributed by atoms with Crippen LogP contribution in [-0.2, 0) is 0 Å². The SMILES string of the molecule is O=C(NCC#CCOc1ccc2c(c1)OCO2)c1cc2ccccc2oc1=O. The summed E-state index contributed by atoms with van der Waals surface area (Å²) in [5, 5.41) is 3.25. The minimum atomic E-state index is -0.685. The average molecular weight is 377 g/mol. The molecule has 28 heavy (non-hydrogen) atoms. The van der Waals surface area contributed by atoms with Gasteiger partial charge in [-0.1, -0.05) is 30.0 Å². The lowest BCUT2D eigenvalue weighted by atomic mass is 10.2. The number of hydrogen-bond acceptors (Lipinski definition) is 6. The fraction of sp³-hybridized carbons (Fsp3) is 0.143. The van der Waals surface area contributed by atoms with E-state index in [2.05, 4.69) is 17.2 Å². The molecule has 0 unspecified atom stereocenters. The van der Waals surface area contributed by atoms with Crippen molar-refractivity contribution in [2.45, 2.75) is 0 Å². The summed E-state index contributed by atoms with van der Waals surface area (Å²) in [5.41, 5.74) is -0.308. The van der Waals surface area contributed by atoms with Crippen LogP contribution < -0.4 is 25.2 Å². The third-order valence-electron chi connectivity index (χ3n) is 4.00. The summed E-state index contributed by atoms with van der Waals surface area (Å²) in [6.07, 6.45) is 0. The van der Waals surface area contributed by atoms with Crippen LogP contribution in [-0.4, -0.2) is 25.9 Å². The minimum absolute atomic E-state index is 0.0582. The molecule has 0 bridgehead atoms. The van der Waals surface area contributed by atoms with Gasteiger partial charge >= 0.3 is 5.63 Å². The highest BCUT2D eigenvalue weighted by atomic mass is 16.7. The molecule has 1 N–H and O–H groups in total. The van der Waals surface area contributed by atoms with Gasteiger partial charge in [0.05, 0.1) is 6.54 Å². The lowest BCUT2D eigenvalue weighted by Crippen LogP contribution is -2.28. The summed E-state index contributed by atoms with van der Waals surface area (Å²) >= 11 is 0. The first-order valence-corrected chi connectivity index (χ1v) is 8.50. The van der Waals surface area contributed by atoms with E-state index in [9.17, 15) is 9.59 Å². The fourth-order valence-corrected chi connectivity index (χ4v) is 2.64. The van der Waals surface area contributed by atoms with E-state index in [0.717, 1.165) is 0 Å². The first kappa shape index (κ1) is 17.5. The van der Waals surface area contributed by atoms with Crippen LogP contribution in [0, 0.1) is 11.8 Å².